The van der Waals surface area contributed by atoms with E-state index in [4.69, 9.17) is 26.8 Å². The fourth-order valence-corrected chi connectivity index (χ4v) is 12.4. The number of nitrogens with zero attached hydrogens (tertiary/aromatic N) is 5. The largest absolute Gasteiger partial charge is 0.488 e. The van der Waals surface area contributed by atoms with E-state index in [0.29, 0.717) is 56.9 Å². The van der Waals surface area contributed by atoms with E-state index in [1.807, 2.05) is 42.2 Å². The van der Waals surface area contributed by atoms with Gasteiger partial charge >= 0.3 is 6.03 Å². The predicted octanol–water partition coefficient (Wildman–Crippen LogP) is 7.63. The number of likely N-dealkylation sites (tertiary alicyclic amines) is 2. The molecule has 15 nitrogen and oxygen atoms in total. The Bertz CT molecular complexity index is 3030. The number of aromatic nitrogens is 2. The molecular weight excluding hydrogens is 984 g/mol. The van der Waals surface area contributed by atoms with Crippen LogP contribution in [-0.2, 0) is 22.2 Å². The van der Waals surface area contributed by atoms with Gasteiger partial charge in [-0.2, -0.15) is 5.10 Å². The fraction of sp³-hybridized carbons (Fsp3) is 0.463. The number of rotatable bonds is 15. The van der Waals surface area contributed by atoms with Gasteiger partial charge in [-0.3, -0.25) is 29.3 Å². The van der Waals surface area contributed by atoms with Gasteiger partial charge in [-0.05, 0) is 87.7 Å². The number of aliphatic hydroxyl groups excluding tert-OH is 1. The van der Waals surface area contributed by atoms with Crippen molar-refractivity contribution in [3.63, 3.8) is 0 Å². The topological polar surface area (TPSA) is 185 Å². The Morgan fingerprint density at radius 3 is 2.45 bits per heavy atom. The highest BCUT2D eigenvalue weighted by molar-refractivity contribution is 6.34. The number of carbonyl (C=O) groups is 4. The fourth-order valence-electron chi connectivity index (χ4n) is 12.2. The van der Waals surface area contributed by atoms with Gasteiger partial charge in [-0.1, -0.05) is 48.9 Å². The molecule has 0 bridgehead atoms. The molecule has 4 aromatic carbocycles. The van der Waals surface area contributed by atoms with Crippen molar-refractivity contribution < 1.29 is 51.3 Å². The molecule has 392 valence electrons. The van der Waals surface area contributed by atoms with Crippen LogP contribution in [0.2, 0.25) is 5.02 Å². The van der Waals surface area contributed by atoms with E-state index >= 15 is 17.6 Å². The van der Waals surface area contributed by atoms with Crippen LogP contribution in [0, 0.1) is 35.1 Å². The maximum Gasteiger partial charge on any atom is 0.329 e. The third kappa shape index (κ3) is 9.34. The van der Waals surface area contributed by atoms with E-state index in [0.717, 1.165) is 37.8 Å². The third-order valence-electron chi connectivity index (χ3n) is 16.1. The van der Waals surface area contributed by atoms with E-state index in [-0.39, 0.29) is 100 Å². The van der Waals surface area contributed by atoms with E-state index in [2.05, 4.69) is 20.6 Å². The van der Waals surface area contributed by atoms with Crippen molar-refractivity contribution >= 4 is 52.1 Å². The van der Waals surface area contributed by atoms with E-state index in [1.165, 1.54) is 33.8 Å². The summed E-state index contributed by atoms with van der Waals surface area (Å²) in [4.78, 5) is 56.5. The van der Waals surface area contributed by atoms with E-state index in [1.54, 1.807) is 7.05 Å². The van der Waals surface area contributed by atoms with Crippen molar-refractivity contribution in [2.24, 2.45) is 24.6 Å². The van der Waals surface area contributed by atoms with E-state index in [9.17, 15) is 24.3 Å². The molecule has 1 aromatic heterocycles. The Kier molecular flexibility index (Phi) is 14.4. The van der Waals surface area contributed by atoms with Crippen molar-refractivity contribution in [3.8, 4) is 22.6 Å². The lowest BCUT2D eigenvalue weighted by Gasteiger charge is -2.37. The van der Waals surface area contributed by atoms with Crippen LogP contribution in [0.15, 0.2) is 54.6 Å². The van der Waals surface area contributed by atoms with E-state index < -0.39 is 64.3 Å². The van der Waals surface area contributed by atoms with Crippen LogP contribution in [0.1, 0.15) is 97.2 Å². The molecule has 3 saturated heterocycles. The summed E-state index contributed by atoms with van der Waals surface area (Å²) in [6, 6.07) is 13.7. The summed E-state index contributed by atoms with van der Waals surface area (Å²) in [5, 5.41) is 19.4. The standard InChI is InChI=1S/C54H59ClF4N8O7/c1-29-42-40(25-38(57)46(55)45(42)44-35(50(60)70)12-13-39(47(44)58)73-23-22-68)74-54(29,33-6-4-3-5-7-33)28-61-34-10-8-31(9-11-34)52(71)66-20-15-30(26-66)14-18-65-19-16-32(27-65)43-37(56)24-36-49(48(43)59)64(2)63-51(36)67-21-17-41(69)62-53(67)72/h3-7,12-13,24-25,29-32,34,61,68H,8-11,14-23,26-28H2,1-2H3,(H2,60,70)(H,62,69,72)/t29-,30?,31?,32?,34?,54-/m0/s1. The van der Waals surface area contributed by atoms with Crippen molar-refractivity contribution in [2.45, 2.75) is 81.8 Å². The Balaban J connectivity index is 0.754. The number of nitrogens with two attached hydrogens (primary N) is 1. The average Bonchev–Trinajstić information content (AvgIpc) is 4.19. The van der Waals surface area contributed by atoms with Gasteiger partial charge in [-0.25, -0.2) is 22.4 Å². The second-order valence-corrected chi connectivity index (χ2v) is 20.8. The second-order valence-electron chi connectivity index (χ2n) is 20.4. The van der Waals surface area contributed by atoms with Crippen LogP contribution >= 0.6 is 11.6 Å². The van der Waals surface area contributed by atoms with Crippen molar-refractivity contribution in [3.05, 3.63) is 105 Å². The number of aliphatic hydroxyl groups is 1. The van der Waals surface area contributed by atoms with Crippen LogP contribution < -0.4 is 30.7 Å². The Labute approximate surface area is 430 Å². The molecule has 5 N–H and O–H groups in total. The summed E-state index contributed by atoms with van der Waals surface area (Å²) in [6.07, 6.45) is 5.18. The molecule has 4 aliphatic heterocycles. The molecule has 5 aromatic rings. The minimum absolute atomic E-state index is 0.0121. The van der Waals surface area contributed by atoms with Gasteiger partial charge in [0.2, 0.25) is 17.7 Å². The Morgan fingerprint density at radius 2 is 1.72 bits per heavy atom. The molecule has 5 amide bonds. The molecule has 0 spiro atoms. The quantitative estimate of drug-likeness (QED) is 0.0761. The van der Waals surface area contributed by atoms with Crippen LogP contribution in [0.5, 0.6) is 11.5 Å². The maximum atomic E-state index is 16.5. The van der Waals surface area contributed by atoms with Gasteiger partial charge < -0.3 is 35.4 Å². The molecule has 5 aliphatic rings. The third-order valence-corrected chi connectivity index (χ3v) is 16.5. The number of hydrogen-bond donors (Lipinski definition) is 4. The summed E-state index contributed by atoms with van der Waals surface area (Å²) < 4.78 is 78.0. The number of anilines is 1. The lowest BCUT2D eigenvalue weighted by Crippen LogP contribution is -2.49. The number of aryl methyl sites for hydroxylation is 1. The lowest BCUT2D eigenvalue weighted by atomic mass is 9.77. The van der Waals surface area contributed by atoms with Crippen molar-refractivity contribution in [2.75, 3.05) is 63.9 Å². The SMILES string of the molecule is C[C@H]1c2c(cc(F)c(Cl)c2-c2c(C(N)=O)ccc(OCCO)c2F)O[C@]1(CNC1CCC(C(=O)N2CCC(CCN3CCC(c4c(F)cc5c(N6CCC(=O)NC6=O)nn(C)c5c4F)C3)C2)CC1)c1ccccc1. The van der Waals surface area contributed by atoms with Gasteiger partial charge in [0.15, 0.2) is 28.8 Å². The Morgan fingerprint density at radius 1 is 0.946 bits per heavy atom. The first-order chi connectivity index (χ1) is 35.6. The van der Waals surface area contributed by atoms with Crippen molar-refractivity contribution in [1.29, 1.82) is 0 Å². The number of primary amides is 1. The number of nitrogens with one attached hydrogen (secondary N) is 2. The Hall–Kier alpha value is -6.28. The first-order valence-corrected chi connectivity index (χ1v) is 25.8. The summed E-state index contributed by atoms with van der Waals surface area (Å²) in [5.74, 6) is -5.30. The highest BCUT2D eigenvalue weighted by Gasteiger charge is 2.50. The minimum atomic E-state index is -1.14. The first kappa shape index (κ1) is 51.2. The monoisotopic (exact) mass is 1040 g/mol. The minimum Gasteiger partial charge on any atom is -0.488 e. The molecule has 0 radical (unpaired) electrons. The first-order valence-electron chi connectivity index (χ1n) is 25.4. The van der Waals surface area contributed by atoms with Crippen LogP contribution in [0.3, 0.4) is 0 Å². The molecule has 4 atom stereocenters. The number of carbonyl (C=O) groups excluding carboxylic acids is 4. The second kappa shape index (κ2) is 20.8. The van der Waals surface area contributed by atoms with Crippen LogP contribution in [-0.4, -0.2) is 114 Å². The van der Waals surface area contributed by atoms with Crippen LogP contribution in [0.4, 0.5) is 28.2 Å². The highest BCUT2D eigenvalue weighted by atomic mass is 35.5. The maximum absolute atomic E-state index is 16.5. The number of amides is 5. The zero-order chi connectivity index (χ0) is 52.2. The lowest BCUT2D eigenvalue weighted by molar-refractivity contribution is -0.135. The zero-order valence-electron chi connectivity index (χ0n) is 41.2. The molecule has 1 aliphatic carbocycles. The number of hydrogen-bond acceptors (Lipinski definition) is 10. The molecule has 2 unspecified atom stereocenters. The molecular formula is C54H59ClF4N8O7. The highest BCUT2D eigenvalue weighted by Crippen LogP contribution is 2.56. The summed E-state index contributed by atoms with van der Waals surface area (Å²) in [5.41, 5.74) is 5.26. The number of halogens is 5. The summed E-state index contributed by atoms with van der Waals surface area (Å²) in [7, 11) is 1.55. The number of fused-ring (bicyclic) bond motifs is 2. The van der Waals surface area contributed by atoms with Gasteiger partial charge in [0.25, 0.3) is 0 Å². The summed E-state index contributed by atoms with van der Waals surface area (Å²) >= 11 is 6.71. The zero-order valence-corrected chi connectivity index (χ0v) is 42.0. The van der Waals surface area contributed by atoms with Gasteiger partial charge in [0.05, 0.1) is 22.6 Å². The smallest absolute Gasteiger partial charge is 0.329 e. The molecule has 4 fully saturated rings. The molecule has 10 rings (SSSR count). The number of urea groups is 1. The number of imide groups is 1. The summed E-state index contributed by atoms with van der Waals surface area (Å²) in [6.45, 7) is 4.83. The molecule has 20 heteroatoms. The normalized spacial score (nSPS) is 24.1. The van der Waals surface area contributed by atoms with Gasteiger partial charge in [0, 0.05) is 98.3 Å². The average molecular weight is 1040 g/mol. The molecule has 74 heavy (non-hydrogen) atoms. The number of benzene rings is 4. The number of ether oxygens (including phenoxy) is 2. The van der Waals surface area contributed by atoms with Gasteiger partial charge in [-0.15, -0.1) is 0 Å². The van der Waals surface area contributed by atoms with Gasteiger partial charge in [0.1, 0.15) is 29.5 Å². The molecule has 1 saturated carbocycles. The van der Waals surface area contributed by atoms with Crippen LogP contribution in [0.25, 0.3) is 22.0 Å². The molecule has 5 heterocycles. The predicted molar refractivity (Wildman–Crippen MR) is 268 cm³/mol. The van der Waals surface area contributed by atoms with Crippen molar-refractivity contribution in [1.82, 2.24) is 30.2 Å².